The van der Waals surface area contributed by atoms with Gasteiger partial charge in [-0.05, 0) is 88.3 Å². The van der Waals surface area contributed by atoms with E-state index in [2.05, 4.69) is 15.4 Å². The summed E-state index contributed by atoms with van der Waals surface area (Å²) in [5.41, 5.74) is 1.31. The van der Waals surface area contributed by atoms with Gasteiger partial charge in [-0.15, -0.1) is 5.10 Å². The fourth-order valence-electron chi connectivity index (χ4n) is 7.61. The smallest absolute Gasteiger partial charge is 0.414 e. The minimum atomic E-state index is -2.69. The molecule has 1 aromatic carbocycles. The van der Waals surface area contributed by atoms with Crippen molar-refractivity contribution < 1.29 is 27.3 Å². The number of hydrogen-bond acceptors (Lipinski definition) is 8. The molecule has 2 bridgehead atoms. The Balaban J connectivity index is 1.14. The first-order valence-corrected chi connectivity index (χ1v) is 15.9. The minimum Gasteiger partial charge on any atom is -0.449 e. The molecule has 0 saturated heterocycles. The highest BCUT2D eigenvalue weighted by molar-refractivity contribution is 5.95. The summed E-state index contributed by atoms with van der Waals surface area (Å²) in [5.74, 6) is -0.0859. The van der Waals surface area contributed by atoms with Crippen LogP contribution in [0, 0.1) is 17.8 Å². The van der Waals surface area contributed by atoms with Crippen molar-refractivity contribution >= 4 is 11.6 Å². The fourth-order valence-corrected chi connectivity index (χ4v) is 7.61. The quantitative estimate of drug-likeness (QED) is 0.258. The third-order valence-corrected chi connectivity index (χ3v) is 10.2. The number of ether oxygens (including phenoxy) is 1. The maximum absolute atomic E-state index is 14.1. The van der Waals surface area contributed by atoms with Gasteiger partial charge in [0, 0.05) is 47.9 Å². The van der Waals surface area contributed by atoms with E-state index in [0.29, 0.717) is 36.4 Å². The molecule has 4 aliphatic carbocycles. The molecule has 0 aliphatic heterocycles. The summed E-state index contributed by atoms with van der Waals surface area (Å²) in [4.78, 5) is 20.8. The highest BCUT2D eigenvalue weighted by Crippen LogP contribution is 2.53. The van der Waals surface area contributed by atoms with Gasteiger partial charge in [0.1, 0.15) is 0 Å². The zero-order valence-electron chi connectivity index (χ0n) is 24.6. The van der Waals surface area contributed by atoms with Crippen LogP contribution in [0.5, 0.6) is 6.08 Å². The molecule has 230 valence electrons. The zero-order valence-corrected chi connectivity index (χ0v) is 24.6. The summed E-state index contributed by atoms with van der Waals surface area (Å²) < 4.78 is 44.9. The van der Waals surface area contributed by atoms with E-state index in [-0.39, 0.29) is 49.0 Å². The Bertz CT molecular complexity index is 1440. The second kappa shape index (κ2) is 11.3. The average Bonchev–Trinajstić information content (AvgIpc) is 3.53. The van der Waals surface area contributed by atoms with Gasteiger partial charge in [-0.3, -0.25) is 4.79 Å². The van der Waals surface area contributed by atoms with Crippen LogP contribution in [0.2, 0.25) is 0 Å². The lowest BCUT2D eigenvalue weighted by molar-refractivity contribution is -0.126. The Labute approximate surface area is 249 Å². The number of rotatable bonds is 9. The minimum absolute atomic E-state index is 0.0770. The van der Waals surface area contributed by atoms with Crippen LogP contribution >= 0.6 is 0 Å². The first-order valence-electron chi connectivity index (χ1n) is 15.9. The lowest BCUT2D eigenvalue weighted by Crippen LogP contribution is -2.47. The Morgan fingerprint density at radius 1 is 1.07 bits per heavy atom. The van der Waals surface area contributed by atoms with Crippen molar-refractivity contribution in [3.05, 3.63) is 36.0 Å². The van der Waals surface area contributed by atoms with Crippen molar-refractivity contribution in [2.75, 3.05) is 18.1 Å². The number of alkyl halides is 2. The molecule has 7 rings (SSSR count). The van der Waals surface area contributed by atoms with Crippen LogP contribution in [-0.2, 0) is 10.2 Å². The van der Waals surface area contributed by atoms with Crippen molar-refractivity contribution in [1.82, 2.24) is 20.3 Å². The predicted octanol–water partition coefficient (Wildman–Crippen LogP) is 7.09. The van der Waals surface area contributed by atoms with Crippen LogP contribution in [0.25, 0.3) is 11.5 Å². The van der Waals surface area contributed by atoms with E-state index >= 15 is 0 Å². The van der Waals surface area contributed by atoms with Gasteiger partial charge in [0.15, 0.2) is 5.82 Å². The Kier molecular flexibility index (Phi) is 7.45. The molecule has 2 aromatic heterocycles. The van der Waals surface area contributed by atoms with E-state index in [1.54, 1.807) is 0 Å². The Morgan fingerprint density at radius 2 is 1.91 bits per heavy atom. The van der Waals surface area contributed by atoms with Gasteiger partial charge < -0.3 is 18.6 Å². The maximum Gasteiger partial charge on any atom is 0.414 e. The van der Waals surface area contributed by atoms with Crippen molar-refractivity contribution in [3.8, 4) is 17.5 Å². The summed E-state index contributed by atoms with van der Waals surface area (Å²) in [5, 5.41) is 12.4. The molecule has 0 spiro atoms. The third kappa shape index (κ3) is 5.79. The molecule has 4 fully saturated rings. The molecule has 43 heavy (non-hydrogen) atoms. The van der Waals surface area contributed by atoms with Gasteiger partial charge in [-0.2, -0.15) is 4.98 Å². The summed E-state index contributed by atoms with van der Waals surface area (Å²) in [6.07, 6.45) is 8.36. The number of carbonyl (C=O) groups excluding carboxylic acids is 1. The maximum atomic E-state index is 14.1. The molecule has 3 atom stereocenters. The predicted molar refractivity (Wildman–Crippen MR) is 153 cm³/mol. The number of fused-ring (bicyclic) bond motifs is 2. The van der Waals surface area contributed by atoms with Crippen LogP contribution in [0.15, 0.2) is 33.2 Å². The second-order valence-corrected chi connectivity index (χ2v) is 13.1. The van der Waals surface area contributed by atoms with E-state index in [1.165, 1.54) is 0 Å². The van der Waals surface area contributed by atoms with Crippen LogP contribution in [-0.4, -0.2) is 45.3 Å². The largest absolute Gasteiger partial charge is 0.449 e. The summed E-state index contributed by atoms with van der Waals surface area (Å²) in [6.45, 7) is 2.79. The van der Waals surface area contributed by atoms with Crippen molar-refractivity contribution in [2.45, 2.75) is 101 Å². The first-order chi connectivity index (χ1) is 20.8. The second-order valence-electron chi connectivity index (χ2n) is 13.1. The number of benzene rings is 1. The first kappa shape index (κ1) is 28.4. The molecule has 11 heteroatoms. The van der Waals surface area contributed by atoms with Crippen LogP contribution in [0.3, 0.4) is 0 Å². The summed E-state index contributed by atoms with van der Waals surface area (Å²) >= 11 is 0. The molecular weight excluding hydrogens is 556 g/mol. The molecular formula is C32H39F2N5O4. The van der Waals surface area contributed by atoms with E-state index in [1.807, 2.05) is 36.1 Å². The Hall–Kier alpha value is -3.37. The lowest BCUT2D eigenvalue weighted by atomic mass is 9.58. The SMILES string of the molecule is CCOc1nnc(-c2cccc(N(CC3CCC4(c5nc(C6CC6)no5)CCCC3C4)C(=O)C3CCC(F)(F)CC3)c2)o1. The fraction of sp³-hybridized carbons (Fsp3) is 0.656. The van der Waals surface area contributed by atoms with Crippen LogP contribution in [0.1, 0.15) is 102 Å². The highest BCUT2D eigenvalue weighted by Gasteiger charge is 2.49. The van der Waals surface area contributed by atoms with E-state index in [4.69, 9.17) is 18.7 Å². The van der Waals surface area contributed by atoms with Gasteiger partial charge >= 0.3 is 6.08 Å². The summed E-state index contributed by atoms with van der Waals surface area (Å²) in [6, 6.07) is 7.51. The topological polar surface area (TPSA) is 107 Å². The third-order valence-electron chi connectivity index (χ3n) is 10.2. The van der Waals surface area contributed by atoms with Gasteiger partial charge in [-0.25, -0.2) is 8.78 Å². The van der Waals surface area contributed by atoms with Gasteiger partial charge in [0.25, 0.3) is 5.89 Å². The van der Waals surface area contributed by atoms with Gasteiger partial charge in [0.2, 0.25) is 17.7 Å². The zero-order chi connectivity index (χ0) is 29.6. The van der Waals surface area contributed by atoms with Crippen LogP contribution in [0.4, 0.5) is 14.5 Å². The molecule has 4 saturated carbocycles. The van der Waals surface area contributed by atoms with Crippen molar-refractivity contribution in [1.29, 1.82) is 0 Å². The lowest BCUT2D eigenvalue weighted by Gasteiger charge is -2.48. The average molecular weight is 596 g/mol. The Morgan fingerprint density at radius 3 is 2.70 bits per heavy atom. The number of amides is 1. The molecule has 0 N–H and O–H groups in total. The molecule has 3 unspecified atom stereocenters. The molecule has 3 aromatic rings. The number of nitrogens with zero attached hydrogens (tertiary/aromatic N) is 5. The number of halogens is 2. The molecule has 1 amide bonds. The van der Waals surface area contributed by atoms with Crippen molar-refractivity contribution in [3.63, 3.8) is 0 Å². The van der Waals surface area contributed by atoms with Crippen LogP contribution < -0.4 is 9.64 Å². The number of anilines is 1. The highest BCUT2D eigenvalue weighted by atomic mass is 19.3. The number of hydrogen-bond donors (Lipinski definition) is 0. The molecule has 2 heterocycles. The number of aromatic nitrogens is 4. The van der Waals surface area contributed by atoms with Gasteiger partial charge in [-0.1, -0.05) is 29.2 Å². The number of carbonyl (C=O) groups is 1. The molecule has 9 nitrogen and oxygen atoms in total. The van der Waals surface area contributed by atoms with E-state index < -0.39 is 11.8 Å². The normalized spacial score (nSPS) is 27.1. The van der Waals surface area contributed by atoms with E-state index in [0.717, 1.165) is 68.8 Å². The van der Waals surface area contributed by atoms with E-state index in [9.17, 15) is 13.6 Å². The van der Waals surface area contributed by atoms with Gasteiger partial charge in [0.05, 0.1) is 6.61 Å². The van der Waals surface area contributed by atoms with Crippen molar-refractivity contribution in [2.24, 2.45) is 17.8 Å². The molecule has 0 radical (unpaired) electrons. The summed E-state index contributed by atoms with van der Waals surface area (Å²) in [7, 11) is 0. The standard InChI is InChI=1S/C32H39F2N5O4/c1-2-41-30-37-36-27(42-30)22-5-3-7-25(17-22)39(28(40)21-11-15-32(33,34)16-12-21)19-24-10-14-31(13-4-6-23(24)18-31)29-35-26(38-43-29)20-8-9-20/h3,5,7,17,20-21,23-24H,2,4,6,8-16,18-19H2,1H3. The monoisotopic (exact) mass is 595 g/mol. The molecule has 4 aliphatic rings.